The summed E-state index contributed by atoms with van der Waals surface area (Å²) in [6.07, 6.45) is -9.32. The molecule has 1 fully saturated rings. The molecule has 0 radical (unpaired) electrons. The molecular formula is C18H15Cl3O8. The van der Waals surface area contributed by atoms with E-state index in [9.17, 15) is 20.1 Å². The number of hydrogen-bond donors (Lipinski definition) is 4. The predicted octanol–water partition coefficient (Wildman–Crippen LogP) is 2.71. The average molecular weight is 469 g/mol. The molecule has 5 atom stereocenters. The fourth-order valence-electron chi connectivity index (χ4n) is 2.46. The molecule has 1 saturated heterocycles. The molecule has 4 N–H and O–H groups in total. The number of aliphatic hydroxyl groups is 3. The van der Waals surface area contributed by atoms with Gasteiger partial charge in [0.15, 0.2) is 17.6 Å². The lowest BCUT2D eigenvalue weighted by Crippen LogP contribution is -2.61. The van der Waals surface area contributed by atoms with Gasteiger partial charge in [0.05, 0.1) is 9.13 Å². The van der Waals surface area contributed by atoms with Crippen LogP contribution in [-0.4, -0.2) is 57.1 Å². The fourth-order valence-corrected chi connectivity index (χ4v) is 3.00. The zero-order valence-corrected chi connectivity index (χ0v) is 16.4. The largest absolute Gasteiger partial charge is 0.479 e. The Morgan fingerprint density at radius 3 is 2.41 bits per heavy atom. The Morgan fingerprint density at radius 1 is 1.00 bits per heavy atom. The molecule has 8 nitrogen and oxygen atoms in total. The van der Waals surface area contributed by atoms with Crippen molar-refractivity contribution >= 4 is 40.8 Å². The van der Waals surface area contributed by atoms with Gasteiger partial charge in [-0.1, -0.05) is 34.8 Å². The molecule has 0 aromatic heterocycles. The maximum atomic E-state index is 11.3. The van der Waals surface area contributed by atoms with Crippen molar-refractivity contribution in [3.63, 3.8) is 0 Å². The van der Waals surface area contributed by atoms with Crippen molar-refractivity contribution in [1.82, 2.24) is 0 Å². The number of halogens is 3. The standard InChI is InChI=1S/C18H15Cl3O8/c19-7-1-3-10(9(21)5-7)27-11-4-2-8(20)6-12(11)28-18-15(24)13(22)14(23)16(29-18)17(25)26/h1-6,13-16,18,22-24H,(H,25,26)/t13-,14-,15+,16-,18+/m0/s1/i1D,3D,5D. The van der Waals surface area contributed by atoms with Crippen molar-refractivity contribution in [2.45, 2.75) is 30.7 Å². The van der Waals surface area contributed by atoms with Crippen LogP contribution < -0.4 is 9.47 Å². The lowest BCUT2D eigenvalue weighted by molar-refractivity contribution is -0.271. The minimum absolute atomic E-state index is 0.128. The van der Waals surface area contributed by atoms with Crippen LogP contribution in [0.4, 0.5) is 0 Å². The number of carboxylic acid groups (broad SMARTS) is 1. The molecule has 0 saturated carbocycles. The third kappa shape index (κ3) is 4.87. The Kier molecular flexibility index (Phi) is 5.55. The minimum atomic E-state index is -1.91. The lowest BCUT2D eigenvalue weighted by Gasteiger charge is -2.38. The topological polar surface area (TPSA) is 126 Å². The van der Waals surface area contributed by atoms with Crippen LogP contribution in [0.2, 0.25) is 15.1 Å². The van der Waals surface area contributed by atoms with Crippen molar-refractivity contribution in [2.75, 3.05) is 0 Å². The molecule has 1 aliphatic rings. The number of aliphatic carboxylic acids is 1. The zero-order valence-electron chi connectivity index (χ0n) is 17.2. The number of benzene rings is 2. The monoisotopic (exact) mass is 467 g/mol. The van der Waals surface area contributed by atoms with Gasteiger partial charge in [-0.3, -0.25) is 0 Å². The third-order valence-electron chi connectivity index (χ3n) is 3.88. The van der Waals surface area contributed by atoms with Crippen LogP contribution in [-0.2, 0) is 9.53 Å². The van der Waals surface area contributed by atoms with Crippen LogP contribution in [0.25, 0.3) is 0 Å². The Balaban J connectivity index is 1.97. The van der Waals surface area contributed by atoms with Crippen LogP contribution in [0.1, 0.15) is 4.11 Å². The number of rotatable bonds is 5. The first-order valence-electron chi connectivity index (χ1n) is 9.45. The number of ether oxygens (including phenoxy) is 3. The van der Waals surface area contributed by atoms with Gasteiger partial charge in [0.25, 0.3) is 0 Å². The van der Waals surface area contributed by atoms with Crippen molar-refractivity contribution in [3.8, 4) is 17.2 Å². The second-order valence-electron chi connectivity index (χ2n) is 5.88. The van der Waals surface area contributed by atoms with Crippen molar-refractivity contribution < 1.29 is 43.5 Å². The first kappa shape index (κ1) is 18.0. The van der Waals surface area contributed by atoms with Crippen LogP contribution in [0.3, 0.4) is 0 Å². The molecule has 29 heavy (non-hydrogen) atoms. The lowest BCUT2D eigenvalue weighted by atomic mass is 9.99. The van der Waals surface area contributed by atoms with Gasteiger partial charge in [-0.05, 0) is 30.3 Å². The van der Waals surface area contributed by atoms with Crippen molar-refractivity contribution in [3.05, 3.63) is 51.4 Å². The van der Waals surface area contributed by atoms with Gasteiger partial charge in [-0.25, -0.2) is 4.79 Å². The maximum Gasteiger partial charge on any atom is 0.335 e. The van der Waals surface area contributed by atoms with Gasteiger partial charge in [0.2, 0.25) is 6.29 Å². The Morgan fingerprint density at radius 2 is 1.72 bits per heavy atom. The summed E-state index contributed by atoms with van der Waals surface area (Å²) in [7, 11) is 0. The zero-order chi connectivity index (χ0) is 23.9. The Hall–Kier alpha value is -1.78. The highest BCUT2D eigenvalue weighted by Gasteiger charge is 2.48. The van der Waals surface area contributed by atoms with Gasteiger partial charge >= 0.3 is 5.97 Å². The van der Waals surface area contributed by atoms with Crippen molar-refractivity contribution in [2.24, 2.45) is 0 Å². The Bertz CT molecular complexity index is 1030. The van der Waals surface area contributed by atoms with E-state index in [4.69, 9.17) is 58.2 Å². The second kappa shape index (κ2) is 8.93. The highest BCUT2D eigenvalue weighted by Crippen LogP contribution is 2.39. The summed E-state index contributed by atoms with van der Waals surface area (Å²) < 4.78 is 39.8. The molecule has 0 amide bonds. The summed E-state index contributed by atoms with van der Waals surface area (Å²) in [4.78, 5) is 11.3. The van der Waals surface area contributed by atoms with Gasteiger partial charge in [-0.15, -0.1) is 0 Å². The molecule has 3 rings (SSSR count). The van der Waals surface area contributed by atoms with Crippen LogP contribution in [0.5, 0.6) is 17.2 Å². The molecule has 2 aromatic rings. The summed E-state index contributed by atoms with van der Waals surface area (Å²) in [5.74, 6) is -2.37. The van der Waals surface area contributed by atoms with E-state index in [0.29, 0.717) is 0 Å². The fraction of sp³-hybridized carbons (Fsp3) is 0.278. The summed E-state index contributed by atoms with van der Waals surface area (Å²) in [5, 5.41) is 38.5. The highest BCUT2D eigenvalue weighted by atomic mass is 35.5. The van der Waals surface area contributed by atoms with E-state index in [2.05, 4.69) is 0 Å². The molecule has 156 valence electrons. The van der Waals surface area contributed by atoms with Gasteiger partial charge < -0.3 is 34.6 Å². The van der Waals surface area contributed by atoms with Gasteiger partial charge in [0, 0.05) is 16.1 Å². The van der Waals surface area contributed by atoms with E-state index in [-0.39, 0.29) is 32.3 Å². The summed E-state index contributed by atoms with van der Waals surface area (Å²) in [6.45, 7) is 0. The van der Waals surface area contributed by atoms with E-state index >= 15 is 0 Å². The van der Waals surface area contributed by atoms with Gasteiger partial charge in [0.1, 0.15) is 24.1 Å². The summed E-state index contributed by atoms with van der Waals surface area (Å²) >= 11 is 17.8. The molecule has 0 bridgehead atoms. The molecule has 0 aliphatic carbocycles. The minimum Gasteiger partial charge on any atom is -0.479 e. The van der Waals surface area contributed by atoms with Crippen LogP contribution >= 0.6 is 34.8 Å². The summed E-state index contributed by atoms with van der Waals surface area (Å²) in [6, 6.07) is 2.40. The molecule has 0 unspecified atom stereocenters. The molecule has 1 aliphatic heterocycles. The molecule has 2 aromatic carbocycles. The molecular weight excluding hydrogens is 451 g/mol. The maximum absolute atomic E-state index is 11.3. The average Bonchev–Trinajstić information content (AvgIpc) is 2.75. The number of hydrogen-bond acceptors (Lipinski definition) is 7. The number of carboxylic acids is 1. The van der Waals surface area contributed by atoms with Gasteiger partial charge in [-0.2, -0.15) is 0 Å². The smallest absolute Gasteiger partial charge is 0.335 e. The quantitative estimate of drug-likeness (QED) is 0.528. The first-order valence-corrected chi connectivity index (χ1v) is 9.08. The highest BCUT2D eigenvalue weighted by molar-refractivity contribution is 6.35. The number of carbonyl (C=O) groups is 1. The molecule has 11 heteroatoms. The van der Waals surface area contributed by atoms with E-state index < -0.39 is 54.8 Å². The van der Waals surface area contributed by atoms with E-state index in [1.807, 2.05) is 0 Å². The molecule has 1 heterocycles. The van der Waals surface area contributed by atoms with E-state index in [1.165, 1.54) is 18.2 Å². The first-order chi connectivity index (χ1) is 14.9. The Labute approximate surface area is 183 Å². The predicted molar refractivity (Wildman–Crippen MR) is 103 cm³/mol. The van der Waals surface area contributed by atoms with Crippen molar-refractivity contribution in [1.29, 1.82) is 0 Å². The normalized spacial score (nSPS) is 28.2. The SMILES string of the molecule is [2H]c1c([2H])c(Oc2ccc(Cl)cc2O[C@@H]2O[C@H](C(=O)O)[C@@H](O)[C@H](O)[C@H]2O)c(Cl)c([2H])c1Cl. The van der Waals surface area contributed by atoms with Crippen LogP contribution in [0.15, 0.2) is 36.3 Å². The third-order valence-corrected chi connectivity index (χ3v) is 4.57. The number of aliphatic hydroxyl groups excluding tert-OH is 3. The summed E-state index contributed by atoms with van der Waals surface area (Å²) in [5.41, 5.74) is 0. The van der Waals surface area contributed by atoms with E-state index in [1.54, 1.807) is 0 Å². The molecule has 0 spiro atoms. The van der Waals surface area contributed by atoms with Crippen LogP contribution in [0, 0.1) is 0 Å². The van der Waals surface area contributed by atoms with E-state index in [0.717, 1.165) is 0 Å². The second-order valence-corrected chi connectivity index (χ2v) is 7.07.